The maximum absolute atomic E-state index is 11.1. The van der Waals surface area contributed by atoms with Crippen LogP contribution in [-0.2, 0) is 11.2 Å². The molecule has 0 aliphatic carbocycles. The first-order chi connectivity index (χ1) is 8.08. The third-order valence-corrected chi connectivity index (χ3v) is 2.93. The molecule has 3 N–H and O–H groups in total. The first-order valence-corrected chi connectivity index (χ1v) is 5.85. The average molecular weight is 235 g/mol. The topological polar surface area (TPSA) is 58.4 Å². The molecule has 1 atom stereocenters. The lowest BCUT2D eigenvalue weighted by atomic mass is 10.1. The van der Waals surface area contributed by atoms with Crippen molar-refractivity contribution >= 4 is 11.6 Å². The maximum Gasteiger partial charge on any atom is 0.236 e. The molecule has 0 aromatic heterocycles. The van der Waals surface area contributed by atoms with Gasteiger partial charge in [0.05, 0.1) is 0 Å². The molecule has 4 heteroatoms. The van der Waals surface area contributed by atoms with Gasteiger partial charge in [-0.05, 0) is 31.2 Å². The highest BCUT2D eigenvalue weighted by molar-refractivity contribution is 5.80. The highest BCUT2D eigenvalue weighted by Crippen LogP contribution is 2.14. The minimum Gasteiger partial charge on any atom is -0.372 e. The Hall–Kier alpha value is -1.55. The van der Waals surface area contributed by atoms with Gasteiger partial charge in [-0.15, -0.1) is 0 Å². The molecule has 1 amide bonds. The van der Waals surface area contributed by atoms with Crippen molar-refractivity contribution < 1.29 is 4.79 Å². The second-order valence-electron chi connectivity index (χ2n) is 4.14. The molecular formula is C13H21N3O. The van der Waals surface area contributed by atoms with Crippen LogP contribution in [0.2, 0.25) is 0 Å². The molecule has 0 saturated heterocycles. The van der Waals surface area contributed by atoms with E-state index in [-0.39, 0.29) is 11.9 Å². The van der Waals surface area contributed by atoms with Gasteiger partial charge in [0, 0.05) is 19.3 Å². The van der Waals surface area contributed by atoms with E-state index >= 15 is 0 Å². The average Bonchev–Trinajstić information content (AvgIpc) is 2.35. The van der Waals surface area contributed by atoms with Gasteiger partial charge in [0.2, 0.25) is 5.91 Å². The van der Waals surface area contributed by atoms with Gasteiger partial charge >= 0.3 is 0 Å². The van der Waals surface area contributed by atoms with E-state index in [2.05, 4.69) is 36.5 Å². The molecule has 94 valence electrons. The monoisotopic (exact) mass is 235 g/mol. The van der Waals surface area contributed by atoms with Crippen LogP contribution in [0.15, 0.2) is 24.3 Å². The number of nitrogens with zero attached hydrogens (tertiary/aromatic N) is 1. The Kier molecular flexibility index (Phi) is 4.97. The number of carbonyl (C=O) groups excluding carboxylic acids is 1. The molecule has 4 nitrogen and oxygen atoms in total. The summed E-state index contributed by atoms with van der Waals surface area (Å²) in [4.78, 5) is 13.2. The Bertz CT molecular complexity index is 361. The first-order valence-electron chi connectivity index (χ1n) is 5.85. The summed E-state index contributed by atoms with van der Waals surface area (Å²) >= 11 is 0. The lowest BCUT2D eigenvalue weighted by Crippen LogP contribution is -2.46. The van der Waals surface area contributed by atoms with Crippen LogP contribution >= 0.6 is 0 Å². The number of likely N-dealkylation sites (N-methyl/N-ethyl adjacent to an activating group) is 2. The summed E-state index contributed by atoms with van der Waals surface area (Å²) in [5.74, 6) is -0.329. The fourth-order valence-corrected chi connectivity index (χ4v) is 1.69. The van der Waals surface area contributed by atoms with E-state index in [0.29, 0.717) is 6.54 Å². The molecule has 1 aromatic rings. The van der Waals surface area contributed by atoms with Gasteiger partial charge in [-0.2, -0.15) is 0 Å². The van der Waals surface area contributed by atoms with Crippen molar-refractivity contribution in [3.05, 3.63) is 29.8 Å². The molecule has 0 heterocycles. The van der Waals surface area contributed by atoms with Crippen LogP contribution in [0.5, 0.6) is 0 Å². The van der Waals surface area contributed by atoms with Crippen LogP contribution in [0.25, 0.3) is 0 Å². The van der Waals surface area contributed by atoms with Gasteiger partial charge in [-0.1, -0.05) is 19.1 Å². The van der Waals surface area contributed by atoms with Crippen molar-refractivity contribution in [2.75, 3.05) is 25.5 Å². The van der Waals surface area contributed by atoms with Gasteiger partial charge < -0.3 is 16.0 Å². The number of rotatable bonds is 6. The predicted octanol–water partition coefficient (Wildman–Crippen LogP) is 0.758. The highest BCUT2D eigenvalue weighted by Gasteiger charge is 2.15. The fourth-order valence-electron chi connectivity index (χ4n) is 1.69. The zero-order chi connectivity index (χ0) is 12.8. The number of hydrogen-bond acceptors (Lipinski definition) is 3. The van der Waals surface area contributed by atoms with Crippen LogP contribution in [0.1, 0.15) is 12.5 Å². The number of benzene rings is 1. The molecule has 0 radical (unpaired) electrons. The van der Waals surface area contributed by atoms with Gasteiger partial charge in [0.25, 0.3) is 0 Å². The lowest BCUT2D eigenvalue weighted by molar-refractivity contribution is -0.119. The standard InChI is InChI=1S/C13H21N3O/c1-4-10-5-7-11(8-6-10)16(3)9-12(15-2)13(14)17/h5-8,12,15H,4,9H2,1-3H3,(H2,14,17). The number of carbonyl (C=O) groups is 1. The summed E-state index contributed by atoms with van der Waals surface area (Å²) in [6.45, 7) is 2.69. The summed E-state index contributed by atoms with van der Waals surface area (Å²) in [5.41, 5.74) is 7.69. The second kappa shape index (κ2) is 6.25. The van der Waals surface area contributed by atoms with Crippen molar-refractivity contribution in [3.8, 4) is 0 Å². The molecule has 0 bridgehead atoms. The van der Waals surface area contributed by atoms with Gasteiger partial charge in [-0.25, -0.2) is 0 Å². The van der Waals surface area contributed by atoms with Crippen molar-refractivity contribution in [2.45, 2.75) is 19.4 Å². The first kappa shape index (κ1) is 13.5. The van der Waals surface area contributed by atoms with E-state index in [9.17, 15) is 4.79 Å². The summed E-state index contributed by atoms with van der Waals surface area (Å²) in [6, 6.07) is 8.00. The number of aryl methyl sites for hydroxylation is 1. The van der Waals surface area contributed by atoms with Crippen molar-refractivity contribution in [2.24, 2.45) is 5.73 Å². The lowest BCUT2D eigenvalue weighted by Gasteiger charge is -2.23. The van der Waals surface area contributed by atoms with Crippen molar-refractivity contribution in [3.63, 3.8) is 0 Å². The molecular weight excluding hydrogens is 214 g/mol. The molecule has 0 aliphatic rings. The smallest absolute Gasteiger partial charge is 0.236 e. The SMILES string of the molecule is CCc1ccc(N(C)CC(NC)C(N)=O)cc1. The minimum absolute atomic E-state index is 0.328. The molecule has 0 fully saturated rings. The van der Waals surface area contributed by atoms with Crippen molar-refractivity contribution in [1.82, 2.24) is 5.32 Å². The second-order valence-corrected chi connectivity index (χ2v) is 4.14. The van der Waals surface area contributed by atoms with E-state index in [1.54, 1.807) is 7.05 Å². The summed E-state index contributed by atoms with van der Waals surface area (Å²) in [7, 11) is 3.69. The van der Waals surface area contributed by atoms with Crippen molar-refractivity contribution in [1.29, 1.82) is 0 Å². The van der Waals surface area contributed by atoms with E-state index in [4.69, 9.17) is 5.73 Å². The molecule has 0 aliphatic heterocycles. The third-order valence-electron chi connectivity index (χ3n) is 2.93. The fraction of sp³-hybridized carbons (Fsp3) is 0.462. The van der Waals surface area contributed by atoms with E-state index in [1.807, 2.05) is 11.9 Å². The normalized spacial score (nSPS) is 12.2. The van der Waals surface area contributed by atoms with Crippen LogP contribution in [-0.4, -0.2) is 32.6 Å². The molecule has 0 saturated carbocycles. The molecule has 0 spiro atoms. The van der Waals surface area contributed by atoms with Gasteiger partial charge in [-0.3, -0.25) is 4.79 Å². The van der Waals surface area contributed by atoms with Crippen LogP contribution in [0.3, 0.4) is 0 Å². The molecule has 1 aromatic carbocycles. The molecule has 1 unspecified atom stereocenters. The zero-order valence-corrected chi connectivity index (χ0v) is 10.7. The van der Waals surface area contributed by atoms with Crippen LogP contribution in [0, 0.1) is 0 Å². The number of nitrogens with two attached hydrogens (primary N) is 1. The minimum atomic E-state index is -0.329. The Morgan fingerprint density at radius 1 is 1.41 bits per heavy atom. The number of anilines is 1. The van der Waals surface area contributed by atoms with Crippen LogP contribution in [0.4, 0.5) is 5.69 Å². The van der Waals surface area contributed by atoms with E-state index < -0.39 is 0 Å². The highest BCUT2D eigenvalue weighted by atomic mass is 16.1. The maximum atomic E-state index is 11.1. The number of amides is 1. The Morgan fingerprint density at radius 2 is 2.00 bits per heavy atom. The Balaban J connectivity index is 2.68. The van der Waals surface area contributed by atoms with E-state index in [1.165, 1.54) is 5.56 Å². The summed E-state index contributed by atoms with van der Waals surface area (Å²) < 4.78 is 0. The summed E-state index contributed by atoms with van der Waals surface area (Å²) in [5, 5.41) is 2.91. The zero-order valence-electron chi connectivity index (χ0n) is 10.7. The number of primary amides is 1. The third kappa shape index (κ3) is 3.75. The van der Waals surface area contributed by atoms with E-state index in [0.717, 1.165) is 12.1 Å². The molecule has 17 heavy (non-hydrogen) atoms. The van der Waals surface area contributed by atoms with Gasteiger partial charge in [0.1, 0.15) is 6.04 Å². The Morgan fingerprint density at radius 3 is 2.41 bits per heavy atom. The van der Waals surface area contributed by atoms with Crippen LogP contribution < -0.4 is 16.0 Å². The summed E-state index contributed by atoms with van der Waals surface area (Å²) in [6.07, 6.45) is 1.03. The Labute approximate surface area is 103 Å². The largest absolute Gasteiger partial charge is 0.372 e. The number of nitrogens with one attached hydrogen (secondary N) is 1. The quantitative estimate of drug-likeness (QED) is 0.765. The number of hydrogen-bond donors (Lipinski definition) is 2. The predicted molar refractivity (Wildman–Crippen MR) is 71.1 cm³/mol. The molecule has 1 rings (SSSR count). The van der Waals surface area contributed by atoms with Gasteiger partial charge in [0.15, 0.2) is 0 Å².